The standard InChI is InChI=1S/C11H11BrO5/c1-16-7-4-6(9(13)11(14)15)8(12)5-2-3-17-10(5)7/h4,9,13H,2-3H2,1H3,(H,14,15). The first-order chi connectivity index (χ1) is 8.06. The summed E-state index contributed by atoms with van der Waals surface area (Å²) < 4.78 is 11.1. The molecule has 1 aliphatic heterocycles. The molecule has 17 heavy (non-hydrogen) atoms. The Kier molecular flexibility index (Phi) is 3.26. The highest BCUT2D eigenvalue weighted by molar-refractivity contribution is 9.10. The van der Waals surface area contributed by atoms with Crippen LogP contribution >= 0.6 is 15.9 Å². The van der Waals surface area contributed by atoms with E-state index < -0.39 is 12.1 Å². The molecule has 1 atom stereocenters. The number of hydrogen-bond acceptors (Lipinski definition) is 4. The Morgan fingerprint density at radius 1 is 1.65 bits per heavy atom. The molecule has 0 radical (unpaired) electrons. The molecule has 0 bridgehead atoms. The van der Waals surface area contributed by atoms with Crippen LogP contribution in [0.3, 0.4) is 0 Å². The van der Waals surface area contributed by atoms with E-state index in [0.29, 0.717) is 29.0 Å². The van der Waals surface area contributed by atoms with Gasteiger partial charge in [-0.3, -0.25) is 0 Å². The highest BCUT2D eigenvalue weighted by Crippen LogP contribution is 2.43. The van der Waals surface area contributed by atoms with Crippen molar-refractivity contribution in [3.63, 3.8) is 0 Å². The number of aliphatic hydroxyl groups is 1. The maximum atomic E-state index is 10.8. The first-order valence-electron chi connectivity index (χ1n) is 4.99. The minimum atomic E-state index is -1.58. The number of aliphatic carboxylic acids is 1. The summed E-state index contributed by atoms with van der Waals surface area (Å²) in [7, 11) is 1.47. The summed E-state index contributed by atoms with van der Waals surface area (Å²) in [5, 5.41) is 18.4. The van der Waals surface area contributed by atoms with E-state index in [0.717, 1.165) is 5.56 Å². The van der Waals surface area contributed by atoms with Crippen LogP contribution in [0, 0.1) is 0 Å². The summed E-state index contributed by atoms with van der Waals surface area (Å²) in [6, 6.07) is 1.48. The first-order valence-corrected chi connectivity index (χ1v) is 5.78. The third kappa shape index (κ3) is 1.98. The zero-order valence-electron chi connectivity index (χ0n) is 9.07. The molecule has 0 saturated carbocycles. The van der Waals surface area contributed by atoms with Gasteiger partial charge in [-0.1, -0.05) is 0 Å². The molecule has 1 aliphatic rings. The van der Waals surface area contributed by atoms with Crippen LogP contribution in [0.15, 0.2) is 10.5 Å². The van der Waals surface area contributed by atoms with Crippen LogP contribution in [0.5, 0.6) is 11.5 Å². The predicted octanol–water partition coefficient (Wildman–Crippen LogP) is 1.51. The zero-order chi connectivity index (χ0) is 12.6. The minimum Gasteiger partial charge on any atom is -0.493 e. The molecule has 2 N–H and O–H groups in total. The monoisotopic (exact) mass is 302 g/mol. The van der Waals surface area contributed by atoms with E-state index in [9.17, 15) is 9.90 Å². The van der Waals surface area contributed by atoms with E-state index in [4.69, 9.17) is 14.6 Å². The molecule has 5 nitrogen and oxygen atoms in total. The molecular formula is C11H11BrO5. The van der Waals surface area contributed by atoms with Gasteiger partial charge >= 0.3 is 5.97 Å². The van der Waals surface area contributed by atoms with Gasteiger partial charge in [0.2, 0.25) is 0 Å². The second-order valence-corrected chi connectivity index (χ2v) is 4.42. The van der Waals surface area contributed by atoms with E-state index >= 15 is 0 Å². The van der Waals surface area contributed by atoms with Gasteiger partial charge in [-0.25, -0.2) is 4.79 Å². The zero-order valence-corrected chi connectivity index (χ0v) is 10.7. The quantitative estimate of drug-likeness (QED) is 0.885. The van der Waals surface area contributed by atoms with Crippen LogP contribution in [0.2, 0.25) is 0 Å². The molecule has 0 amide bonds. The molecule has 1 aromatic carbocycles. The summed E-state index contributed by atoms with van der Waals surface area (Å²) in [5.41, 5.74) is 1.11. The Bertz CT molecular complexity index is 471. The number of ether oxygens (including phenoxy) is 2. The number of hydrogen-bond donors (Lipinski definition) is 2. The van der Waals surface area contributed by atoms with Crippen molar-refractivity contribution >= 4 is 21.9 Å². The molecule has 0 spiro atoms. The molecular weight excluding hydrogens is 292 g/mol. The third-order valence-corrected chi connectivity index (χ3v) is 3.59. The average Bonchev–Trinajstić information content (AvgIpc) is 2.78. The largest absolute Gasteiger partial charge is 0.493 e. The first kappa shape index (κ1) is 12.2. The van der Waals surface area contributed by atoms with E-state index in [1.807, 2.05) is 0 Å². The number of methoxy groups -OCH3 is 1. The Morgan fingerprint density at radius 3 is 2.94 bits per heavy atom. The maximum absolute atomic E-state index is 10.8. The fourth-order valence-electron chi connectivity index (χ4n) is 1.81. The van der Waals surface area contributed by atoms with Crippen LogP contribution in [-0.2, 0) is 11.2 Å². The molecule has 1 aromatic rings. The molecule has 6 heteroatoms. The highest BCUT2D eigenvalue weighted by atomic mass is 79.9. The SMILES string of the molecule is COc1cc(C(O)C(=O)O)c(Br)c2c1OCC2. The van der Waals surface area contributed by atoms with Crippen molar-refractivity contribution < 1.29 is 24.5 Å². The molecule has 0 saturated heterocycles. The topological polar surface area (TPSA) is 76.0 Å². The van der Waals surface area contributed by atoms with Crippen molar-refractivity contribution in [2.24, 2.45) is 0 Å². The lowest BCUT2D eigenvalue weighted by Gasteiger charge is -2.14. The van der Waals surface area contributed by atoms with Crippen LogP contribution in [-0.4, -0.2) is 29.9 Å². The van der Waals surface area contributed by atoms with Crippen molar-refractivity contribution in [1.29, 1.82) is 0 Å². The number of carboxylic acids is 1. The van der Waals surface area contributed by atoms with Crippen molar-refractivity contribution in [2.45, 2.75) is 12.5 Å². The van der Waals surface area contributed by atoms with Crippen molar-refractivity contribution in [2.75, 3.05) is 13.7 Å². The Morgan fingerprint density at radius 2 is 2.35 bits per heavy atom. The number of aliphatic hydroxyl groups excluding tert-OH is 1. The lowest BCUT2D eigenvalue weighted by molar-refractivity contribution is -0.147. The van der Waals surface area contributed by atoms with Crippen LogP contribution in [0.1, 0.15) is 17.2 Å². The van der Waals surface area contributed by atoms with Gasteiger partial charge in [0.25, 0.3) is 0 Å². The van der Waals surface area contributed by atoms with Gasteiger partial charge in [-0.05, 0) is 22.0 Å². The molecule has 0 aliphatic carbocycles. The fourth-order valence-corrected chi connectivity index (χ4v) is 2.52. The fraction of sp³-hybridized carbons (Fsp3) is 0.364. The molecule has 0 fully saturated rings. The second-order valence-electron chi connectivity index (χ2n) is 3.63. The second kappa shape index (κ2) is 4.54. The smallest absolute Gasteiger partial charge is 0.337 e. The number of carbonyl (C=O) groups is 1. The summed E-state index contributed by atoms with van der Waals surface area (Å²) in [4.78, 5) is 10.8. The molecule has 92 valence electrons. The summed E-state index contributed by atoms with van der Waals surface area (Å²) in [6.07, 6.45) is -0.920. The average molecular weight is 303 g/mol. The van der Waals surface area contributed by atoms with Gasteiger partial charge in [0.15, 0.2) is 17.6 Å². The number of rotatable bonds is 3. The van der Waals surface area contributed by atoms with Crippen LogP contribution in [0.4, 0.5) is 0 Å². The Labute approximate surface area is 106 Å². The van der Waals surface area contributed by atoms with Crippen molar-refractivity contribution in [1.82, 2.24) is 0 Å². The van der Waals surface area contributed by atoms with Crippen molar-refractivity contribution in [3.05, 3.63) is 21.7 Å². The Hall–Kier alpha value is -1.27. The van der Waals surface area contributed by atoms with Gasteiger partial charge in [0, 0.05) is 22.0 Å². The van der Waals surface area contributed by atoms with Crippen molar-refractivity contribution in [3.8, 4) is 11.5 Å². The van der Waals surface area contributed by atoms with E-state index in [2.05, 4.69) is 15.9 Å². The lowest BCUT2D eigenvalue weighted by atomic mass is 10.0. The summed E-state index contributed by atoms with van der Waals surface area (Å²) in [6.45, 7) is 0.525. The number of halogens is 1. The lowest BCUT2D eigenvalue weighted by Crippen LogP contribution is -2.12. The minimum absolute atomic E-state index is 0.276. The van der Waals surface area contributed by atoms with E-state index in [1.54, 1.807) is 0 Å². The van der Waals surface area contributed by atoms with Gasteiger partial charge in [-0.2, -0.15) is 0 Å². The Balaban J connectivity index is 2.58. The molecule has 1 heterocycles. The maximum Gasteiger partial charge on any atom is 0.337 e. The highest BCUT2D eigenvalue weighted by Gasteiger charge is 2.28. The van der Waals surface area contributed by atoms with Crippen LogP contribution in [0.25, 0.3) is 0 Å². The molecule has 2 rings (SSSR count). The molecule has 1 unspecified atom stereocenters. The van der Waals surface area contributed by atoms with Crippen LogP contribution < -0.4 is 9.47 Å². The summed E-state index contributed by atoms with van der Waals surface area (Å²) >= 11 is 3.31. The molecule has 0 aromatic heterocycles. The number of benzene rings is 1. The number of fused-ring (bicyclic) bond motifs is 1. The van der Waals surface area contributed by atoms with E-state index in [1.165, 1.54) is 13.2 Å². The van der Waals surface area contributed by atoms with E-state index in [-0.39, 0.29) is 5.56 Å². The third-order valence-electron chi connectivity index (χ3n) is 2.65. The predicted molar refractivity (Wildman–Crippen MR) is 62.5 cm³/mol. The van der Waals surface area contributed by atoms with Gasteiger partial charge in [0.1, 0.15) is 0 Å². The normalized spacial score (nSPS) is 15.0. The van der Waals surface area contributed by atoms with Gasteiger partial charge in [0.05, 0.1) is 13.7 Å². The number of carboxylic acid groups (broad SMARTS) is 1. The van der Waals surface area contributed by atoms with Gasteiger partial charge in [-0.15, -0.1) is 0 Å². The summed E-state index contributed by atoms with van der Waals surface area (Å²) in [5.74, 6) is -0.247. The van der Waals surface area contributed by atoms with Gasteiger partial charge < -0.3 is 19.7 Å².